The fourth-order valence-corrected chi connectivity index (χ4v) is 1.65. The number of rotatable bonds is 4. The van der Waals surface area contributed by atoms with Gasteiger partial charge in [0.15, 0.2) is 0 Å². The van der Waals surface area contributed by atoms with Crippen molar-refractivity contribution in [1.29, 1.82) is 0 Å². The van der Waals surface area contributed by atoms with Crippen molar-refractivity contribution in [1.82, 2.24) is 10.3 Å². The van der Waals surface area contributed by atoms with Crippen molar-refractivity contribution in [2.24, 2.45) is 0 Å². The number of hydrogen-bond acceptors (Lipinski definition) is 4. The topological polar surface area (TPSA) is 60.5 Å². The van der Waals surface area contributed by atoms with Crippen molar-refractivity contribution in [2.75, 3.05) is 6.54 Å². The summed E-state index contributed by atoms with van der Waals surface area (Å²) >= 11 is 5.73. The first-order chi connectivity index (χ1) is 10.4. The van der Waals surface area contributed by atoms with Gasteiger partial charge in [-0.05, 0) is 33.8 Å². The van der Waals surface area contributed by atoms with E-state index in [1.54, 1.807) is 27.7 Å². The van der Waals surface area contributed by atoms with Crippen molar-refractivity contribution in [3.05, 3.63) is 22.8 Å². The minimum absolute atomic E-state index is 0.0773. The second-order valence-corrected chi connectivity index (χ2v) is 6.23. The SMILES string of the molecule is CC(CNC(=O)OC(C)(C)C)Oc1ncc(C(F)(F)F)cc1Cl. The Morgan fingerprint density at radius 3 is 2.48 bits per heavy atom. The first kappa shape index (κ1) is 19.3. The highest BCUT2D eigenvalue weighted by atomic mass is 35.5. The van der Waals surface area contributed by atoms with Crippen LogP contribution in [0.5, 0.6) is 5.88 Å². The number of carbonyl (C=O) groups is 1. The lowest BCUT2D eigenvalue weighted by molar-refractivity contribution is -0.137. The maximum Gasteiger partial charge on any atom is 0.417 e. The summed E-state index contributed by atoms with van der Waals surface area (Å²) < 4.78 is 47.9. The molecule has 0 spiro atoms. The molecule has 0 bridgehead atoms. The Labute approximate surface area is 137 Å². The Morgan fingerprint density at radius 1 is 1.39 bits per heavy atom. The van der Waals surface area contributed by atoms with Crippen LogP contribution in [-0.4, -0.2) is 29.3 Å². The molecule has 1 aromatic heterocycles. The van der Waals surface area contributed by atoms with Crippen LogP contribution in [0.3, 0.4) is 0 Å². The second kappa shape index (κ2) is 7.25. The summed E-state index contributed by atoms with van der Waals surface area (Å²) in [6, 6.07) is 0.734. The molecule has 5 nitrogen and oxygen atoms in total. The second-order valence-electron chi connectivity index (χ2n) is 5.82. The number of halogens is 4. The van der Waals surface area contributed by atoms with Gasteiger partial charge in [0.1, 0.15) is 16.7 Å². The van der Waals surface area contributed by atoms with Gasteiger partial charge < -0.3 is 14.8 Å². The van der Waals surface area contributed by atoms with Crippen LogP contribution in [0.15, 0.2) is 12.3 Å². The number of nitrogens with one attached hydrogen (secondary N) is 1. The van der Waals surface area contributed by atoms with Gasteiger partial charge in [0.25, 0.3) is 0 Å². The number of pyridine rings is 1. The maximum absolute atomic E-state index is 12.5. The van der Waals surface area contributed by atoms with Crippen LogP contribution in [0, 0.1) is 0 Å². The average molecular weight is 355 g/mol. The van der Waals surface area contributed by atoms with Gasteiger partial charge in [0, 0.05) is 6.20 Å². The van der Waals surface area contributed by atoms with Gasteiger partial charge in [-0.2, -0.15) is 13.2 Å². The summed E-state index contributed by atoms with van der Waals surface area (Å²) in [5.74, 6) is -0.141. The molecule has 0 aromatic carbocycles. The van der Waals surface area contributed by atoms with E-state index in [1.165, 1.54) is 0 Å². The van der Waals surface area contributed by atoms with Gasteiger partial charge >= 0.3 is 12.3 Å². The van der Waals surface area contributed by atoms with E-state index in [0.717, 1.165) is 6.07 Å². The summed E-state index contributed by atoms with van der Waals surface area (Å²) in [7, 11) is 0. The highest BCUT2D eigenvalue weighted by Gasteiger charge is 2.32. The maximum atomic E-state index is 12.5. The lowest BCUT2D eigenvalue weighted by atomic mass is 10.2. The van der Waals surface area contributed by atoms with Crippen molar-refractivity contribution in [3.8, 4) is 5.88 Å². The minimum Gasteiger partial charge on any atom is -0.472 e. The standard InChI is InChI=1S/C14H18ClF3N2O3/c1-8(6-20-12(21)23-13(2,3)4)22-11-10(15)5-9(7-19-11)14(16,17)18/h5,7-8H,6H2,1-4H3,(H,20,21). The molecule has 1 amide bonds. The average Bonchev–Trinajstić information content (AvgIpc) is 2.35. The predicted molar refractivity (Wildman–Crippen MR) is 78.6 cm³/mol. The van der Waals surface area contributed by atoms with Gasteiger partial charge in [-0.25, -0.2) is 9.78 Å². The molecule has 0 aliphatic heterocycles. The Balaban J connectivity index is 2.58. The largest absolute Gasteiger partial charge is 0.472 e. The summed E-state index contributed by atoms with van der Waals surface area (Å²) in [5.41, 5.74) is -1.60. The fourth-order valence-electron chi connectivity index (χ4n) is 1.44. The van der Waals surface area contributed by atoms with E-state index >= 15 is 0 Å². The number of alkyl halides is 3. The number of hydrogen-bond donors (Lipinski definition) is 1. The van der Waals surface area contributed by atoms with Gasteiger partial charge in [-0.1, -0.05) is 11.6 Å². The quantitative estimate of drug-likeness (QED) is 0.886. The van der Waals surface area contributed by atoms with Crippen LogP contribution in [0.1, 0.15) is 33.3 Å². The number of carbonyl (C=O) groups excluding carboxylic acids is 1. The normalized spacial score (nSPS) is 13.4. The summed E-state index contributed by atoms with van der Waals surface area (Å²) in [6.07, 6.45) is -5.09. The lowest BCUT2D eigenvalue weighted by Crippen LogP contribution is -2.37. The van der Waals surface area contributed by atoms with Crippen molar-refractivity contribution in [2.45, 2.75) is 45.6 Å². The number of nitrogens with zero attached hydrogens (tertiary/aromatic N) is 1. The van der Waals surface area contributed by atoms with Crippen LogP contribution >= 0.6 is 11.6 Å². The lowest BCUT2D eigenvalue weighted by Gasteiger charge is -2.21. The highest BCUT2D eigenvalue weighted by molar-refractivity contribution is 6.31. The third-order valence-corrected chi connectivity index (χ3v) is 2.65. The zero-order valence-electron chi connectivity index (χ0n) is 13.1. The van der Waals surface area contributed by atoms with Crippen LogP contribution in [-0.2, 0) is 10.9 Å². The molecule has 0 aliphatic rings. The molecule has 1 heterocycles. The third kappa shape index (κ3) is 6.94. The zero-order chi connectivity index (χ0) is 17.8. The Bertz CT molecular complexity index is 559. The summed E-state index contributed by atoms with van der Waals surface area (Å²) in [4.78, 5) is 15.0. The molecule has 0 aliphatic carbocycles. The molecule has 1 atom stereocenters. The number of ether oxygens (including phenoxy) is 2. The van der Waals surface area contributed by atoms with Crippen LogP contribution in [0.4, 0.5) is 18.0 Å². The molecule has 0 radical (unpaired) electrons. The third-order valence-electron chi connectivity index (χ3n) is 2.38. The van der Waals surface area contributed by atoms with E-state index in [9.17, 15) is 18.0 Å². The molecular weight excluding hydrogens is 337 g/mol. The van der Waals surface area contributed by atoms with Gasteiger partial charge in [-0.15, -0.1) is 0 Å². The van der Waals surface area contributed by atoms with Crippen LogP contribution < -0.4 is 10.1 Å². The summed E-state index contributed by atoms with van der Waals surface area (Å²) in [6.45, 7) is 6.84. The molecule has 130 valence electrons. The molecule has 9 heteroatoms. The zero-order valence-corrected chi connectivity index (χ0v) is 13.9. The molecule has 23 heavy (non-hydrogen) atoms. The fraction of sp³-hybridized carbons (Fsp3) is 0.571. The van der Waals surface area contributed by atoms with E-state index < -0.39 is 29.5 Å². The molecule has 1 N–H and O–H groups in total. The van der Waals surface area contributed by atoms with Gasteiger partial charge in [-0.3, -0.25) is 0 Å². The molecule has 1 rings (SSSR count). The molecule has 1 unspecified atom stereocenters. The number of aromatic nitrogens is 1. The first-order valence-corrected chi connectivity index (χ1v) is 7.12. The van der Waals surface area contributed by atoms with Gasteiger partial charge in [0.2, 0.25) is 5.88 Å². The molecular formula is C14H18ClF3N2O3. The smallest absolute Gasteiger partial charge is 0.417 e. The molecule has 0 saturated heterocycles. The highest BCUT2D eigenvalue weighted by Crippen LogP contribution is 2.33. The van der Waals surface area contributed by atoms with E-state index in [2.05, 4.69) is 10.3 Å². The molecule has 0 fully saturated rings. The minimum atomic E-state index is -4.53. The van der Waals surface area contributed by atoms with Crippen molar-refractivity contribution in [3.63, 3.8) is 0 Å². The summed E-state index contributed by atoms with van der Waals surface area (Å²) in [5, 5.41) is 2.22. The van der Waals surface area contributed by atoms with Gasteiger partial charge in [0.05, 0.1) is 12.1 Å². The van der Waals surface area contributed by atoms with E-state index in [1.807, 2.05) is 0 Å². The first-order valence-electron chi connectivity index (χ1n) is 6.75. The van der Waals surface area contributed by atoms with Crippen molar-refractivity contribution >= 4 is 17.7 Å². The molecule has 0 saturated carbocycles. The van der Waals surface area contributed by atoms with Crippen LogP contribution in [0.25, 0.3) is 0 Å². The van der Waals surface area contributed by atoms with E-state index in [-0.39, 0.29) is 17.4 Å². The predicted octanol–water partition coefficient (Wildman–Crippen LogP) is 4.05. The van der Waals surface area contributed by atoms with E-state index in [4.69, 9.17) is 21.1 Å². The Kier molecular flexibility index (Phi) is 6.10. The monoisotopic (exact) mass is 354 g/mol. The Hall–Kier alpha value is -1.70. The number of amides is 1. The van der Waals surface area contributed by atoms with Crippen molar-refractivity contribution < 1.29 is 27.4 Å². The van der Waals surface area contributed by atoms with E-state index in [0.29, 0.717) is 6.20 Å². The Morgan fingerprint density at radius 2 is 2.00 bits per heavy atom. The molecule has 1 aromatic rings. The van der Waals surface area contributed by atoms with Crippen LogP contribution in [0.2, 0.25) is 5.02 Å². The number of alkyl carbamates (subject to hydrolysis) is 1.